The maximum Gasteiger partial charge on any atom is 0.308 e. The number of para-hydroxylation sites is 2. The van der Waals surface area contributed by atoms with E-state index in [4.69, 9.17) is 18.9 Å². The molecule has 1 unspecified atom stereocenters. The summed E-state index contributed by atoms with van der Waals surface area (Å²) in [6.45, 7) is 2.30. The molecule has 0 bridgehead atoms. The SMILES string of the molecule is CC1Oc2ccccc2N(CCC(=O)OCC(=O)c2ccc3c(c2)OCCO3)C1=O. The minimum atomic E-state index is -0.632. The number of esters is 1. The summed E-state index contributed by atoms with van der Waals surface area (Å²) in [6, 6.07) is 12.0. The Labute approximate surface area is 173 Å². The van der Waals surface area contributed by atoms with Gasteiger partial charge >= 0.3 is 5.97 Å². The molecule has 0 spiro atoms. The number of Topliss-reactive ketones (excluding diaryl/α,β-unsaturated/α-hetero) is 1. The first kappa shape index (κ1) is 19.8. The molecule has 0 saturated heterocycles. The van der Waals surface area contributed by atoms with Gasteiger partial charge in [-0.3, -0.25) is 14.4 Å². The van der Waals surface area contributed by atoms with Gasteiger partial charge in [0.1, 0.15) is 19.0 Å². The van der Waals surface area contributed by atoms with E-state index in [1.54, 1.807) is 43.3 Å². The molecule has 8 heteroatoms. The molecule has 2 aromatic rings. The normalized spacial score (nSPS) is 17.0. The van der Waals surface area contributed by atoms with Crippen molar-refractivity contribution in [2.24, 2.45) is 0 Å². The van der Waals surface area contributed by atoms with Crippen molar-refractivity contribution in [3.8, 4) is 17.2 Å². The van der Waals surface area contributed by atoms with Gasteiger partial charge in [0, 0.05) is 12.1 Å². The summed E-state index contributed by atoms with van der Waals surface area (Å²) in [7, 11) is 0. The van der Waals surface area contributed by atoms with Crippen molar-refractivity contribution in [1.29, 1.82) is 0 Å². The topological polar surface area (TPSA) is 91.4 Å². The Kier molecular flexibility index (Phi) is 5.56. The third-order valence-corrected chi connectivity index (χ3v) is 4.84. The van der Waals surface area contributed by atoms with Crippen molar-refractivity contribution < 1.29 is 33.3 Å². The van der Waals surface area contributed by atoms with Gasteiger partial charge in [-0.15, -0.1) is 0 Å². The molecule has 4 rings (SSSR count). The summed E-state index contributed by atoms with van der Waals surface area (Å²) in [4.78, 5) is 38.5. The second kappa shape index (κ2) is 8.44. The van der Waals surface area contributed by atoms with Gasteiger partial charge in [0.05, 0.1) is 12.1 Å². The molecule has 30 heavy (non-hydrogen) atoms. The summed E-state index contributed by atoms with van der Waals surface area (Å²) in [6.07, 6.45) is -0.672. The monoisotopic (exact) mass is 411 g/mol. The van der Waals surface area contributed by atoms with Crippen molar-refractivity contribution in [2.45, 2.75) is 19.4 Å². The summed E-state index contributed by atoms with van der Waals surface area (Å²) < 4.78 is 21.6. The lowest BCUT2D eigenvalue weighted by Crippen LogP contribution is -2.45. The van der Waals surface area contributed by atoms with Crippen LogP contribution in [-0.4, -0.2) is 50.1 Å². The van der Waals surface area contributed by atoms with Crippen LogP contribution in [-0.2, 0) is 14.3 Å². The number of ketones is 1. The molecule has 2 aliphatic rings. The highest BCUT2D eigenvalue weighted by Crippen LogP contribution is 2.34. The largest absolute Gasteiger partial charge is 0.486 e. The van der Waals surface area contributed by atoms with Crippen LogP contribution < -0.4 is 19.1 Å². The molecule has 0 saturated carbocycles. The van der Waals surface area contributed by atoms with Gasteiger partial charge < -0.3 is 23.8 Å². The molecule has 0 radical (unpaired) electrons. The van der Waals surface area contributed by atoms with Crippen LogP contribution in [0.25, 0.3) is 0 Å². The lowest BCUT2D eigenvalue weighted by atomic mass is 10.1. The van der Waals surface area contributed by atoms with Gasteiger partial charge in [-0.05, 0) is 37.3 Å². The van der Waals surface area contributed by atoms with E-state index in [0.717, 1.165) is 0 Å². The molecule has 2 aliphatic heterocycles. The summed E-state index contributed by atoms with van der Waals surface area (Å²) in [5.74, 6) is 0.532. The van der Waals surface area contributed by atoms with E-state index in [1.807, 2.05) is 6.07 Å². The molecule has 1 atom stereocenters. The fourth-order valence-corrected chi connectivity index (χ4v) is 3.31. The molecule has 0 fully saturated rings. The molecule has 0 N–H and O–H groups in total. The Morgan fingerprint density at radius 1 is 1.07 bits per heavy atom. The average Bonchev–Trinajstić information content (AvgIpc) is 2.77. The Morgan fingerprint density at radius 3 is 2.67 bits per heavy atom. The lowest BCUT2D eigenvalue weighted by molar-refractivity contribution is -0.142. The van der Waals surface area contributed by atoms with Gasteiger partial charge in [-0.1, -0.05) is 12.1 Å². The number of benzene rings is 2. The second-order valence-electron chi connectivity index (χ2n) is 6.91. The number of carbonyl (C=O) groups is 3. The molecule has 2 aromatic carbocycles. The summed E-state index contributed by atoms with van der Waals surface area (Å²) in [5.41, 5.74) is 0.985. The highest BCUT2D eigenvalue weighted by Gasteiger charge is 2.31. The molecule has 0 aromatic heterocycles. The number of carbonyl (C=O) groups excluding carboxylic acids is 3. The lowest BCUT2D eigenvalue weighted by Gasteiger charge is -2.32. The smallest absolute Gasteiger partial charge is 0.308 e. The molecule has 1 amide bonds. The predicted octanol–water partition coefficient (Wildman–Crippen LogP) is 2.39. The van der Waals surface area contributed by atoms with E-state index >= 15 is 0 Å². The number of hydrogen-bond acceptors (Lipinski definition) is 7. The number of ether oxygens (including phenoxy) is 4. The molecular weight excluding hydrogens is 390 g/mol. The fraction of sp³-hybridized carbons (Fsp3) is 0.318. The predicted molar refractivity (Wildman–Crippen MR) is 106 cm³/mol. The zero-order valence-electron chi connectivity index (χ0n) is 16.5. The molecule has 2 heterocycles. The Balaban J connectivity index is 1.32. The number of hydrogen-bond donors (Lipinski definition) is 0. The van der Waals surface area contributed by atoms with Crippen LogP contribution >= 0.6 is 0 Å². The minimum absolute atomic E-state index is 0.0405. The van der Waals surface area contributed by atoms with E-state index in [1.165, 1.54) is 4.90 Å². The van der Waals surface area contributed by atoms with Gasteiger partial charge in [-0.2, -0.15) is 0 Å². The van der Waals surface area contributed by atoms with E-state index < -0.39 is 12.1 Å². The van der Waals surface area contributed by atoms with Crippen LogP contribution in [0.1, 0.15) is 23.7 Å². The number of amides is 1. The van der Waals surface area contributed by atoms with Crippen molar-refractivity contribution in [3.63, 3.8) is 0 Å². The minimum Gasteiger partial charge on any atom is -0.486 e. The Hall–Kier alpha value is -3.55. The van der Waals surface area contributed by atoms with Gasteiger partial charge in [0.15, 0.2) is 30.0 Å². The number of rotatable bonds is 6. The summed E-state index contributed by atoms with van der Waals surface area (Å²) in [5, 5.41) is 0. The van der Waals surface area contributed by atoms with E-state index in [-0.39, 0.29) is 31.3 Å². The number of anilines is 1. The van der Waals surface area contributed by atoms with Crippen LogP contribution in [0.5, 0.6) is 17.2 Å². The first-order chi connectivity index (χ1) is 14.5. The van der Waals surface area contributed by atoms with Crippen LogP contribution in [0.2, 0.25) is 0 Å². The first-order valence-electron chi connectivity index (χ1n) is 9.68. The second-order valence-corrected chi connectivity index (χ2v) is 6.91. The van der Waals surface area contributed by atoms with Gasteiger partial charge in [-0.25, -0.2) is 0 Å². The molecule has 0 aliphatic carbocycles. The molecule has 8 nitrogen and oxygen atoms in total. The average molecular weight is 411 g/mol. The van der Waals surface area contributed by atoms with Crippen molar-refractivity contribution in [1.82, 2.24) is 0 Å². The highest BCUT2D eigenvalue weighted by molar-refractivity contribution is 6.00. The Bertz CT molecular complexity index is 987. The van der Waals surface area contributed by atoms with E-state index in [0.29, 0.717) is 41.7 Å². The fourth-order valence-electron chi connectivity index (χ4n) is 3.31. The summed E-state index contributed by atoms with van der Waals surface area (Å²) >= 11 is 0. The van der Waals surface area contributed by atoms with Crippen LogP contribution in [0.15, 0.2) is 42.5 Å². The standard InChI is InChI=1S/C22H21NO7/c1-14-22(26)23(16-4-2-3-5-18(16)30-14)9-8-21(25)29-13-17(24)15-6-7-19-20(12-15)28-11-10-27-19/h2-7,12,14H,8-11,13H2,1H3. The first-order valence-corrected chi connectivity index (χ1v) is 9.68. The van der Waals surface area contributed by atoms with Crippen molar-refractivity contribution in [2.75, 3.05) is 31.3 Å². The third-order valence-electron chi connectivity index (χ3n) is 4.84. The van der Waals surface area contributed by atoms with Crippen LogP contribution in [0, 0.1) is 0 Å². The van der Waals surface area contributed by atoms with Crippen molar-refractivity contribution >= 4 is 23.3 Å². The van der Waals surface area contributed by atoms with E-state index in [2.05, 4.69) is 0 Å². The quantitative estimate of drug-likeness (QED) is 0.532. The zero-order chi connectivity index (χ0) is 21.1. The van der Waals surface area contributed by atoms with Crippen LogP contribution in [0.3, 0.4) is 0 Å². The van der Waals surface area contributed by atoms with Gasteiger partial charge in [0.25, 0.3) is 5.91 Å². The van der Waals surface area contributed by atoms with Crippen molar-refractivity contribution in [3.05, 3.63) is 48.0 Å². The van der Waals surface area contributed by atoms with E-state index in [9.17, 15) is 14.4 Å². The number of nitrogens with zero attached hydrogens (tertiary/aromatic N) is 1. The van der Waals surface area contributed by atoms with Gasteiger partial charge in [0.2, 0.25) is 0 Å². The third kappa shape index (κ3) is 4.07. The number of fused-ring (bicyclic) bond motifs is 2. The molecule has 156 valence electrons. The highest BCUT2D eigenvalue weighted by atomic mass is 16.6. The van der Waals surface area contributed by atoms with Crippen LogP contribution in [0.4, 0.5) is 5.69 Å². The maximum absolute atomic E-state index is 12.4. The zero-order valence-corrected chi connectivity index (χ0v) is 16.5. The molecular formula is C22H21NO7. The maximum atomic E-state index is 12.4. The Morgan fingerprint density at radius 2 is 1.83 bits per heavy atom.